The van der Waals surface area contributed by atoms with E-state index in [1.807, 2.05) is 18.2 Å². The molecule has 0 aromatic heterocycles. The van der Waals surface area contributed by atoms with Gasteiger partial charge in [0.25, 0.3) is 0 Å². The number of ether oxygens (including phenoxy) is 1. The van der Waals surface area contributed by atoms with E-state index in [-0.39, 0.29) is 0 Å². The third kappa shape index (κ3) is 2.59. The molecular formula is C14H13O. The minimum Gasteiger partial charge on any atom is -0.496 e. The van der Waals surface area contributed by atoms with E-state index in [1.54, 1.807) is 7.11 Å². The first-order valence-electron chi connectivity index (χ1n) is 4.97. The fourth-order valence-corrected chi connectivity index (χ4v) is 1.55. The van der Waals surface area contributed by atoms with Crippen LogP contribution in [0.4, 0.5) is 0 Å². The molecule has 0 spiro atoms. The van der Waals surface area contributed by atoms with Crippen LogP contribution in [0.25, 0.3) is 0 Å². The summed E-state index contributed by atoms with van der Waals surface area (Å²) in [7, 11) is 1.66. The van der Waals surface area contributed by atoms with Gasteiger partial charge < -0.3 is 4.74 Å². The highest BCUT2D eigenvalue weighted by molar-refractivity contribution is 5.31. The number of hydrogen-bond acceptors (Lipinski definition) is 1. The van der Waals surface area contributed by atoms with E-state index in [4.69, 9.17) is 4.74 Å². The molecule has 2 aromatic carbocycles. The molecule has 0 aliphatic heterocycles. The Bertz CT molecular complexity index is 420. The topological polar surface area (TPSA) is 9.23 Å². The van der Waals surface area contributed by atoms with Crippen LogP contribution in [0.15, 0.2) is 48.5 Å². The average Bonchev–Trinajstić information content (AvgIpc) is 2.31. The van der Waals surface area contributed by atoms with E-state index in [2.05, 4.69) is 36.4 Å². The molecule has 0 atom stereocenters. The summed E-state index contributed by atoms with van der Waals surface area (Å²) in [5, 5.41) is 0. The Balaban J connectivity index is 2.17. The van der Waals surface area contributed by atoms with Crippen LogP contribution in [-0.4, -0.2) is 7.11 Å². The Labute approximate surface area is 90.3 Å². The van der Waals surface area contributed by atoms with Crippen LogP contribution in [0.2, 0.25) is 0 Å². The molecule has 2 aromatic rings. The minimum atomic E-state index is 0.795. The molecule has 0 aliphatic carbocycles. The lowest BCUT2D eigenvalue weighted by Crippen LogP contribution is -1.89. The van der Waals surface area contributed by atoms with E-state index >= 15 is 0 Å². The lowest BCUT2D eigenvalue weighted by molar-refractivity contribution is 0.413. The van der Waals surface area contributed by atoms with Gasteiger partial charge in [-0.2, -0.15) is 0 Å². The van der Waals surface area contributed by atoms with Gasteiger partial charge in [-0.15, -0.1) is 0 Å². The third-order valence-electron chi connectivity index (χ3n) is 2.31. The molecule has 0 amide bonds. The molecule has 75 valence electrons. The number of methoxy groups -OCH3 is 1. The highest BCUT2D eigenvalue weighted by Gasteiger charge is 1.97. The summed E-state index contributed by atoms with van der Waals surface area (Å²) in [5.41, 5.74) is 2.56. The van der Waals surface area contributed by atoms with Gasteiger partial charge in [-0.3, -0.25) is 0 Å². The van der Waals surface area contributed by atoms with E-state index in [0.717, 1.165) is 12.2 Å². The Morgan fingerprint density at radius 2 is 1.87 bits per heavy atom. The van der Waals surface area contributed by atoms with Crippen LogP contribution in [0.5, 0.6) is 5.75 Å². The predicted molar refractivity (Wildman–Crippen MR) is 61.1 cm³/mol. The summed E-state index contributed by atoms with van der Waals surface area (Å²) in [6.45, 7) is 0. The van der Waals surface area contributed by atoms with Crippen LogP contribution < -0.4 is 4.74 Å². The molecule has 1 nitrogen and oxygen atoms in total. The second kappa shape index (κ2) is 4.65. The van der Waals surface area contributed by atoms with Crippen molar-refractivity contribution >= 4 is 0 Å². The average molecular weight is 197 g/mol. The maximum Gasteiger partial charge on any atom is 0.127 e. The first-order valence-corrected chi connectivity index (χ1v) is 4.97. The van der Waals surface area contributed by atoms with Crippen molar-refractivity contribution in [1.82, 2.24) is 0 Å². The summed E-state index contributed by atoms with van der Waals surface area (Å²) < 4.78 is 5.14. The molecule has 0 heterocycles. The minimum absolute atomic E-state index is 0.795. The molecule has 0 saturated heterocycles. The Kier molecular flexibility index (Phi) is 3.03. The van der Waals surface area contributed by atoms with Crippen molar-refractivity contribution < 1.29 is 4.74 Å². The van der Waals surface area contributed by atoms with E-state index < -0.39 is 0 Å². The quantitative estimate of drug-likeness (QED) is 0.734. The Morgan fingerprint density at radius 3 is 2.60 bits per heavy atom. The normalized spacial score (nSPS) is 9.93. The van der Waals surface area contributed by atoms with E-state index in [1.165, 1.54) is 11.1 Å². The monoisotopic (exact) mass is 197 g/mol. The number of benzene rings is 2. The Morgan fingerprint density at radius 1 is 1.07 bits per heavy atom. The van der Waals surface area contributed by atoms with Crippen molar-refractivity contribution in [2.75, 3.05) is 7.11 Å². The molecule has 0 fully saturated rings. The van der Waals surface area contributed by atoms with Crippen LogP contribution in [0, 0.1) is 6.07 Å². The van der Waals surface area contributed by atoms with Crippen LogP contribution in [-0.2, 0) is 6.42 Å². The van der Waals surface area contributed by atoms with Gasteiger partial charge in [-0.1, -0.05) is 42.5 Å². The first-order chi connectivity index (χ1) is 7.38. The maximum atomic E-state index is 5.14. The van der Waals surface area contributed by atoms with Gasteiger partial charge in [0.15, 0.2) is 0 Å². The SMILES string of the molecule is COc1[c]ccc(Cc2ccccc2)c1. The van der Waals surface area contributed by atoms with Crippen molar-refractivity contribution in [2.24, 2.45) is 0 Å². The van der Waals surface area contributed by atoms with Gasteiger partial charge in [0, 0.05) is 6.07 Å². The zero-order valence-electron chi connectivity index (χ0n) is 8.73. The summed E-state index contributed by atoms with van der Waals surface area (Å²) in [6, 6.07) is 19.4. The zero-order valence-corrected chi connectivity index (χ0v) is 8.73. The highest BCUT2D eigenvalue weighted by Crippen LogP contribution is 2.15. The molecule has 15 heavy (non-hydrogen) atoms. The summed E-state index contributed by atoms with van der Waals surface area (Å²) in [6.07, 6.45) is 0.936. The molecule has 0 unspecified atom stereocenters. The molecular weight excluding hydrogens is 184 g/mol. The van der Waals surface area contributed by atoms with E-state index in [9.17, 15) is 0 Å². The molecule has 2 rings (SSSR count). The second-order valence-corrected chi connectivity index (χ2v) is 3.43. The smallest absolute Gasteiger partial charge is 0.127 e. The van der Waals surface area contributed by atoms with Gasteiger partial charge in [0.2, 0.25) is 0 Å². The standard InChI is InChI=1S/C14H13O/c1-15-14-9-5-8-13(11-14)10-12-6-3-2-4-7-12/h2-8,11H,10H2,1H3. The lowest BCUT2D eigenvalue weighted by Gasteiger charge is -2.04. The zero-order chi connectivity index (χ0) is 10.5. The van der Waals surface area contributed by atoms with Crippen molar-refractivity contribution in [3.8, 4) is 5.75 Å². The fraction of sp³-hybridized carbons (Fsp3) is 0.143. The van der Waals surface area contributed by atoms with Crippen LogP contribution in [0.3, 0.4) is 0 Å². The third-order valence-corrected chi connectivity index (χ3v) is 2.31. The van der Waals surface area contributed by atoms with Crippen molar-refractivity contribution in [2.45, 2.75) is 6.42 Å². The summed E-state index contributed by atoms with van der Waals surface area (Å²) in [5.74, 6) is 0.795. The Hall–Kier alpha value is -1.76. The molecule has 0 bridgehead atoms. The van der Waals surface area contributed by atoms with Gasteiger partial charge in [-0.05, 0) is 23.6 Å². The molecule has 1 heteroatoms. The summed E-state index contributed by atoms with van der Waals surface area (Å²) >= 11 is 0. The van der Waals surface area contributed by atoms with Crippen LogP contribution >= 0.6 is 0 Å². The first kappa shape index (κ1) is 9.78. The number of hydrogen-bond donors (Lipinski definition) is 0. The predicted octanol–water partition coefficient (Wildman–Crippen LogP) is 3.09. The van der Waals surface area contributed by atoms with Crippen LogP contribution in [0.1, 0.15) is 11.1 Å². The van der Waals surface area contributed by atoms with Crippen molar-refractivity contribution in [1.29, 1.82) is 0 Å². The molecule has 0 N–H and O–H groups in total. The molecule has 0 saturated carbocycles. The van der Waals surface area contributed by atoms with Gasteiger partial charge in [-0.25, -0.2) is 0 Å². The molecule has 1 radical (unpaired) electrons. The van der Waals surface area contributed by atoms with Gasteiger partial charge >= 0.3 is 0 Å². The highest BCUT2D eigenvalue weighted by atomic mass is 16.5. The summed E-state index contributed by atoms with van der Waals surface area (Å²) in [4.78, 5) is 0. The largest absolute Gasteiger partial charge is 0.496 e. The van der Waals surface area contributed by atoms with Crippen molar-refractivity contribution in [3.63, 3.8) is 0 Å². The maximum absolute atomic E-state index is 5.14. The number of rotatable bonds is 3. The fourth-order valence-electron chi connectivity index (χ4n) is 1.55. The lowest BCUT2D eigenvalue weighted by atomic mass is 10.1. The van der Waals surface area contributed by atoms with E-state index in [0.29, 0.717) is 0 Å². The molecule has 0 aliphatic rings. The van der Waals surface area contributed by atoms with Crippen molar-refractivity contribution in [3.05, 3.63) is 65.7 Å². The van der Waals surface area contributed by atoms with Gasteiger partial charge in [0.05, 0.1) is 7.11 Å². The van der Waals surface area contributed by atoms with Gasteiger partial charge in [0.1, 0.15) is 5.75 Å². The second-order valence-electron chi connectivity index (χ2n) is 3.43.